The minimum Gasteiger partial charge on any atom is -0.282 e. The molecule has 0 aliphatic carbocycles. The van der Waals surface area contributed by atoms with Gasteiger partial charge < -0.3 is 0 Å². The highest BCUT2D eigenvalue weighted by molar-refractivity contribution is 7.86. The maximum Gasteiger partial charge on any atom is 0.295 e. The van der Waals surface area contributed by atoms with E-state index in [1.165, 1.54) is 18.3 Å². The van der Waals surface area contributed by atoms with E-state index in [0.717, 1.165) is 5.56 Å². The van der Waals surface area contributed by atoms with Gasteiger partial charge in [0.05, 0.1) is 12.6 Å². The van der Waals surface area contributed by atoms with Crippen LogP contribution in [0.3, 0.4) is 0 Å². The van der Waals surface area contributed by atoms with Crippen LogP contribution >= 0.6 is 0 Å². The zero-order valence-corrected chi connectivity index (χ0v) is 15.6. The topological polar surface area (TPSA) is 95.8 Å². The Morgan fingerprint density at radius 1 is 0.893 bits per heavy atom. The Balaban J connectivity index is 1.82. The lowest BCUT2D eigenvalue weighted by Gasteiger charge is -2.10. The number of carbonyl (C=O) groups is 1. The molecule has 0 saturated heterocycles. The average Bonchev–Trinajstić information content (AvgIpc) is 2.68. The third-order valence-electron chi connectivity index (χ3n) is 4.02. The third-order valence-corrected chi connectivity index (χ3v) is 4.93. The Bertz CT molecular complexity index is 1110. The molecule has 0 bridgehead atoms. The van der Waals surface area contributed by atoms with Crippen LogP contribution in [0.15, 0.2) is 88.9 Å². The quantitative estimate of drug-likeness (QED) is 0.381. The lowest BCUT2D eigenvalue weighted by Crippen LogP contribution is -2.19. The summed E-state index contributed by atoms with van der Waals surface area (Å²) in [7, 11) is -4.38. The number of hydrazone groups is 1. The molecule has 3 aromatic rings. The molecular weight excluding hydrogens is 376 g/mol. The largest absolute Gasteiger partial charge is 0.295 e. The number of amides is 1. The molecule has 142 valence electrons. The molecule has 0 aliphatic rings. The van der Waals surface area contributed by atoms with E-state index >= 15 is 0 Å². The predicted molar refractivity (Wildman–Crippen MR) is 108 cm³/mol. The van der Waals surface area contributed by atoms with Gasteiger partial charge in [-0.3, -0.25) is 9.35 Å². The van der Waals surface area contributed by atoms with Gasteiger partial charge in [0.15, 0.2) is 0 Å². The van der Waals surface area contributed by atoms with Crippen LogP contribution in [0.1, 0.15) is 11.1 Å². The van der Waals surface area contributed by atoms with Crippen LogP contribution < -0.4 is 5.43 Å². The zero-order valence-electron chi connectivity index (χ0n) is 14.8. The molecule has 6 nitrogen and oxygen atoms in total. The van der Waals surface area contributed by atoms with Crippen molar-refractivity contribution in [2.24, 2.45) is 5.10 Å². The summed E-state index contributed by atoms with van der Waals surface area (Å²) < 4.78 is 32.9. The van der Waals surface area contributed by atoms with Gasteiger partial charge in [-0.2, -0.15) is 13.5 Å². The lowest BCUT2D eigenvalue weighted by atomic mass is 10.0. The number of nitrogens with zero attached hydrogens (tertiary/aromatic N) is 1. The SMILES string of the molecule is O=C(Cc1ccccc1)NN=Cc1ccccc1-c1ccccc1S(=O)(=O)O. The van der Waals surface area contributed by atoms with Gasteiger partial charge in [0, 0.05) is 11.1 Å². The Hall–Kier alpha value is -3.29. The van der Waals surface area contributed by atoms with Crippen LogP contribution in [-0.4, -0.2) is 25.1 Å². The highest BCUT2D eigenvalue weighted by Crippen LogP contribution is 2.29. The van der Waals surface area contributed by atoms with Gasteiger partial charge in [-0.15, -0.1) is 0 Å². The van der Waals surface area contributed by atoms with Crippen LogP contribution in [0.5, 0.6) is 0 Å². The molecule has 0 aliphatic heterocycles. The van der Waals surface area contributed by atoms with Crippen LogP contribution in [0.25, 0.3) is 11.1 Å². The van der Waals surface area contributed by atoms with E-state index in [4.69, 9.17) is 0 Å². The third kappa shape index (κ3) is 4.91. The summed E-state index contributed by atoms with van der Waals surface area (Å²) in [5.41, 5.74) is 4.85. The van der Waals surface area contributed by atoms with Crippen molar-refractivity contribution in [3.63, 3.8) is 0 Å². The number of nitrogens with one attached hydrogen (secondary N) is 1. The van der Waals surface area contributed by atoms with Gasteiger partial charge >= 0.3 is 0 Å². The summed E-state index contributed by atoms with van der Waals surface area (Å²) in [6.07, 6.45) is 1.64. The van der Waals surface area contributed by atoms with Gasteiger partial charge in [0.1, 0.15) is 4.90 Å². The molecule has 0 radical (unpaired) electrons. The molecule has 0 heterocycles. The molecule has 7 heteroatoms. The highest BCUT2D eigenvalue weighted by Gasteiger charge is 2.17. The lowest BCUT2D eigenvalue weighted by molar-refractivity contribution is -0.120. The molecule has 0 aromatic heterocycles. The smallest absolute Gasteiger partial charge is 0.282 e. The Kier molecular flexibility index (Phi) is 5.98. The van der Waals surface area contributed by atoms with E-state index in [1.54, 1.807) is 36.4 Å². The number of hydrogen-bond donors (Lipinski definition) is 2. The predicted octanol–water partition coefficient (Wildman–Crippen LogP) is 3.29. The van der Waals surface area contributed by atoms with Crippen LogP contribution in [0.4, 0.5) is 0 Å². The standard InChI is InChI=1S/C21H18N2O4S/c24-21(14-16-8-2-1-3-9-16)23-22-15-17-10-4-5-11-18(17)19-12-6-7-13-20(19)28(25,26)27/h1-13,15H,14H2,(H,23,24)(H,25,26,27). The number of benzene rings is 3. The molecule has 3 rings (SSSR count). The highest BCUT2D eigenvalue weighted by atomic mass is 32.2. The van der Waals surface area contributed by atoms with Crippen molar-refractivity contribution in [2.45, 2.75) is 11.3 Å². The van der Waals surface area contributed by atoms with Crippen molar-refractivity contribution in [3.05, 3.63) is 90.0 Å². The van der Waals surface area contributed by atoms with Gasteiger partial charge in [0.2, 0.25) is 5.91 Å². The maximum atomic E-state index is 12.0. The zero-order chi connectivity index (χ0) is 20.0. The second kappa shape index (κ2) is 8.60. The van der Waals surface area contributed by atoms with E-state index in [2.05, 4.69) is 10.5 Å². The minimum absolute atomic E-state index is 0.191. The Morgan fingerprint density at radius 2 is 1.50 bits per heavy atom. The Morgan fingerprint density at radius 3 is 2.21 bits per heavy atom. The fourth-order valence-electron chi connectivity index (χ4n) is 2.76. The monoisotopic (exact) mass is 394 g/mol. The van der Waals surface area contributed by atoms with Crippen molar-refractivity contribution in [1.82, 2.24) is 5.43 Å². The molecule has 0 unspecified atom stereocenters. The summed E-state index contributed by atoms with van der Waals surface area (Å²) in [4.78, 5) is 11.8. The molecular formula is C21H18N2O4S. The van der Waals surface area contributed by atoms with Gasteiger partial charge in [-0.1, -0.05) is 72.8 Å². The second-order valence-corrected chi connectivity index (χ2v) is 7.40. The van der Waals surface area contributed by atoms with E-state index in [0.29, 0.717) is 16.7 Å². The summed E-state index contributed by atoms with van der Waals surface area (Å²) in [6.45, 7) is 0. The molecule has 0 atom stereocenters. The number of hydrogen-bond acceptors (Lipinski definition) is 4. The van der Waals surface area contributed by atoms with Crippen molar-refractivity contribution in [1.29, 1.82) is 0 Å². The minimum atomic E-state index is -4.38. The van der Waals surface area contributed by atoms with Crippen molar-refractivity contribution in [3.8, 4) is 11.1 Å². The van der Waals surface area contributed by atoms with Gasteiger partial charge in [0.25, 0.3) is 10.1 Å². The number of carbonyl (C=O) groups excluding carboxylic acids is 1. The Labute approximate surface area is 163 Å². The molecule has 0 saturated carbocycles. The molecule has 2 N–H and O–H groups in total. The summed E-state index contributed by atoms with van der Waals surface area (Å²) in [5, 5.41) is 3.98. The van der Waals surface area contributed by atoms with Crippen LogP contribution in [0, 0.1) is 0 Å². The molecule has 0 fully saturated rings. The molecule has 3 aromatic carbocycles. The van der Waals surface area contributed by atoms with E-state index in [9.17, 15) is 17.8 Å². The summed E-state index contributed by atoms with van der Waals surface area (Å²) >= 11 is 0. The fraction of sp³-hybridized carbons (Fsp3) is 0.0476. The summed E-state index contributed by atoms with van der Waals surface area (Å²) in [5.74, 6) is -0.265. The van der Waals surface area contributed by atoms with Crippen molar-refractivity contribution >= 4 is 22.2 Å². The molecule has 1 amide bonds. The first kappa shape index (κ1) is 19.5. The van der Waals surface area contributed by atoms with Crippen LogP contribution in [-0.2, 0) is 21.3 Å². The van der Waals surface area contributed by atoms with Gasteiger partial charge in [-0.05, 0) is 17.2 Å². The first-order valence-electron chi connectivity index (χ1n) is 8.47. The average molecular weight is 394 g/mol. The normalized spacial score (nSPS) is 11.5. The molecule has 28 heavy (non-hydrogen) atoms. The van der Waals surface area contributed by atoms with E-state index in [-0.39, 0.29) is 17.2 Å². The number of rotatable bonds is 6. The van der Waals surface area contributed by atoms with E-state index < -0.39 is 10.1 Å². The van der Waals surface area contributed by atoms with Crippen molar-refractivity contribution in [2.75, 3.05) is 0 Å². The van der Waals surface area contributed by atoms with E-state index in [1.807, 2.05) is 30.3 Å². The fourth-order valence-corrected chi connectivity index (χ4v) is 3.47. The van der Waals surface area contributed by atoms with Crippen molar-refractivity contribution < 1.29 is 17.8 Å². The maximum absolute atomic E-state index is 12.0. The first-order valence-corrected chi connectivity index (χ1v) is 9.91. The van der Waals surface area contributed by atoms with Crippen LogP contribution in [0.2, 0.25) is 0 Å². The second-order valence-electron chi connectivity index (χ2n) is 6.01. The van der Waals surface area contributed by atoms with Gasteiger partial charge in [-0.25, -0.2) is 5.43 Å². The molecule has 0 spiro atoms. The first-order chi connectivity index (χ1) is 13.4. The summed E-state index contributed by atoms with van der Waals surface area (Å²) in [6, 6.07) is 22.4.